The van der Waals surface area contributed by atoms with Gasteiger partial charge in [-0.15, -0.1) is 5.10 Å². The number of hydrogen-bond acceptors (Lipinski definition) is 5. The normalized spacial score (nSPS) is 9.93. The van der Waals surface area contributed by atoms with Gasteiger partial charge in [0.05, 0.1) is 12.8 Å². The molecule has 1 aromatic heterocycles. The van der Waals surface area contributed by atoms with E-state index in [2.05, 4.69) is 15.5 Å². The molecule has 0 aliphatic carbocycles. The van der Waals surface area contributed by atoms with Gasteiger partial charge in [-0.05, 0) is 18.6 Å². The largest absolute Gasteiger partial charge is 0.370 e. The Morgan fingerprint density at radius 2 is 2.47 bits per heavy atom. The van der Waals surface area contributed by atoms with Crippen LogP contribution in [0.5, 0.6) is 0 Å². The topological polar surface area (TPSA) is 90.1 Å². The van der Waals surface area contributed by atoms with Crippen molar-refractivity contribution in [3.05, 3.63) is 17.8 Å². The van der Waals surface area contributed by atoms with Crippen molar-refractivity contribution in [2.45, 2.75) is 6.92 Å². The molecule has 6 nitrogen and oxygen atoms in total. The maximum atomic E-state index is 10.3. The molecule has 0 radical (unpaired) electrons. The van der Waals surface area contributed by atoms with Crippen LogP contribution in [0.25, 0.3) is 0 Å². The zero-order valence-electron chi connectivity index (χ0n) is 8.56. The first kappa shape index (κ1) is 11.4. The van der Waals surface area contributed by atoms with Crippen LogP contribution in [0, 0.1) is 6.92 Å². The third-order valence-corrected chi connectivity index (χ3v) is 1.59. The van der Waals surface area contributed by atoms with E-state index in [0.717, 1.165) is 5.56 Å². The van der Waals surface area contributed by atoms with Gasteiger partial charge in [-0.2, -0.15) is 5.10 Å². The number of carbonyl (C=O) groups is 1. The lowest BCUT2D eigenvalue weighted by atomic mass is 10.3. The molecule has 0 saturated carbocycles. The van der Waals surface area contributed by atoms with Crippen LogP contribution >= 0.6 is 0 Å². The predicted octanol–water partition coefficient (Wildman–Crippen LogP) is -0.301. The van der Waals surface area contributed by atoms with E-state index in [1.165, 1.54) is 0 Å². The lowest BCUT2D eigenvalue weighted by Gasteiger charge is -2.05. The van der Waals surface area contributed by atoms with Crippen LogP contribution in [-0.4, -0.2) is 35.9 Å². The minimum atomic E-state index is -0.467. The predicted molar refractivity (Wildman–Crippen MR) is 55.3 cm³/mol. The number of amides is 1. The van der Waals surface area contributed by atoms with E-state index in [4.69, 9.17) is 10.5 Å². The fourth-order valence-electron chi connectivity index (χ4n) is 0.974. The molecule has 0 aliphatic heterocycles. The van der Waals surface area contributed by atoms with Gasteiger partial charge in [-0.3, -0.25) is 4.79 Å². The molecule has 0 unspecified atom stereocenters. The Morgan fingerprint density at radius 3 is 3.13 bits per heavy atom. The lowest BCUT2D eigenvalue weighted by molar-refractivity contribution is -0.122. The summed E-state index contributed by atoms with van der Waals surface area (Å²) in [5.41, 5.74) is 5.93. The number of nitrogens with two attached hydrogens (primary N) is 1. The van der Waals surface area contributed by atoms with Crippen LogP contribution in [0.15, 0.2) is 12.3 Å². The third-order valence-electron chi connectivity index (χ3n) is 1.59. The highest BCUT2D eigenvalue weighted by molar-refractivity contribution is 5.74. The molecule has 6 heteroatoms. The fourth-order valence-corrected chi connectivity index (χ4v) is 0.974. The van der Waals surface area contributed by atoms with Crippen molar-refractivity contribution < 1.29 is 9.53 Å². The van der Waals surface area contributed by atoms with Gasteiger partial charge in [-0.1, -0.05) is 0 Å². The zero-order chi connectivity index (χ0) is 11.1. The lowest BCUT2D eigenvalue weighted by Crippen LogP contribution is -2.20. The van der Waals surface area contributed by atoms with Crippen LogP contribution in [0.2, 0.25) is 0 Å². The van der Waals surface area contributed by atoms with Crippen molar-refractivity contribution in [3.8, 4) is 0 Å². The van der Waals surface area contributed by atoms with Gasteiger partial charge < -0.3 is 15.8 Å². The number of primary amides is 1. The van der Waals surface area contributed by atoms with Crippen molar-refractivity contribution in [1.29, 1.82) is 0 Å². The van der Waals surface area contributed by atoms with E-state index in [-0.39, 0.29) is 6.61 Å². The van der Waals surface area contributed by atoms with Crippen molar-refractivity contribution >= 4 is 11.7 Å². The molecule has 0 aliphatic rings. The van der Waals surface area contributed by atoms with Crippen molar-refractivity contribution in [2.75, 3.05) is 25.1 Å². The Hall–Kier alpha value is -1.69. The van der Waals surface area contributed by atoms with E-state index in [9.17, 15) is 4.79 Å². The molecule has 0 aromatic carbocycles. The van der Waals surface area contributed by atoms with Crippen LogP contribution in [0.4, 0.5) is 5.82 Å². The van der Waals surface area contributed by atoms with Crippen molar-refractivity contribution in [1.82, 2.24) is 10.2 Å². The Labute approximate surface area is 87.8 Å². The highest BCUT2D eigenvalue weighted by atomic mass is 16.5. The number of aryl methyl sites for hydroxylation is 1. The van der Waals surface area contributed by atoms with Gasteiger partial charge in [0, 0.05) is 6.54 Å². The Morgan fingerprint density at radius 1 is 1.67 bits per heavy atom. The Bertz CT molecular complexity index is 330. The minimum Gasteiger partial charge on any atom is -0.370 e. The Balaban J connectivity index is 2.17. The van der Waals surface area contributed by atoms with Gasteiger partial charge in [0.25, 0.3) is 0 Å². The highest BCUT2D eigenvalue weighted by Gasteiger charge is 1.96. The van der Waals surface area contributed by atoms with E-state index in [1.54, 1.807) is 6.20 Å². The number of anilines is 1. The molecule has 0 spiro atoms. The van der Waals surface area contributed by atoms with E-state index in [0.29, 0.717) is 19.0 Å². The van der Waals surface area contributed by atoms with Gasteiger partial charge in [0.1, 0.15) is 12.4 Å². The molecule has 82 valence electrons. The number of hydrogen-bond donors (Lipinski definition) is 2. The number of carbonyl (C=O) groups excluding carboxylic acids is 1. The summed E-state index contributed by atoms with van der Waals surface area (Å²) < 4.78 is 4.96. The zero-order valence-corrected chi connectivity index (χ0v) is 8.56. The first-order valence-corrected chi connectivity index (χ1v) is 4.58. The second kappa shape index (κ2) is 5.92. The first-order valence-electron chi connectivity index (χ1n) is 4.58. The molecule has 15 heavy (non-hydrogen) atoms. The molecule has 1 amide bonds. The second-order valence-corrected chi connectivity index (χ2v) is 3.06. The molecule has 0 fully saturated rings. The summed E-state index contributed by atoms with van der Waals surface area (Å²) in [7, 11) is 0. The molecule has 0 atom stereocenters. The van der Waals surface area contributed by atoms with Gasteiger partial charge in [0.15, 0.2) is 0 Å². The average molecular weight is 210 g/mol. The number of nitrogens with zero attached hydrogens (tertiary/aromatic N) is 2. The SMILES string of the molecule is Cc1cnnc(NCCOCC(N)=O)c1. The number of rotatable bonds is 6. The number of aromatic nitrogens is 2. The van der Waals surface area contributed by atoms with Crippen LogP contribution < -0.4 is 11.1 Å². The quantitative estimate of drug-likeness (QED) is 0.629. The standard InChI is InChI=1S/C9H14N4O2/c1-7-4-9(13-12-5-7)11-2-3-15-6-8(10)14/h4-5H,2-3,6H2,1H3,(H2,10,14)(H,11,13). The summed E-state index contributed by atoms with van der Waals surface area (Å²) in [5, 5.41) is 10.7. The fraction of sp³-hybridized carbons (Fsp3) is 0.444. The summed E-state index contributed by atoms with van der Waals surface area (Å²) >= 11 is 0. The first-order chi connectivity index (χ1) is 7.18. The van der Waals surface area contributed by atoms with Crippen LogP contribution in [0.1, 0.15) is 5.56 Å². The van der Waals surface area contributed by atoms with Crippen LogP contribution in [-0.2, 0) is 9.53 Å². The van der Waals surface area contributed by atoms with E-state index in [1.807, 2.05) is 13.0 Å². The third kappa shape index (κ3) is 4.92. The maximum absolute atomic E-state index is 10.3. The minimum absolute atomic E-state index is 0.0544. The second-order valence-electron chi connectivity index (χ2n) is 3.06. The molecule has 1 aromatic rings. The van der Waals surface area contributed by atoms with Crippen molar-refractivity contribution in [3.63, 3.8) is 0 Å². The Kier molecular flexibility index (Phi) is 4.49. The van der Waals surface area contributed by atoms with Gasteiger partial charge >= 0.3 is 0 Å². The average Bonchev–Trinajstić information content (AvgIpc) is 2.17. The summed E-state index contributed by atoms with van der Waals surface area (Å²) in [5.74, 6) is 0.225. The number of nitrogens with one attached hydrogen (secondary N) is 1. The monoisotopic (exact) mass is 210 g/mol. The van der Waals surface area contributed by atoms with Gasteiger partial charge in [-0.25, -0.2) is 0 Å². The maximum Gasteiger partial charge on any atom is 0.243 e. The smallest absolute Gasteiger partial charge is 0.243 e. The van der Waals surface area contributed by atoms with Gasteiger partial charge in [0.2, 0.25) is 5.91 Å². The molecule has 0 saturated heterocycles. The summed E-state index contributed by atoms with van der Waals surface area (Å²) in [6.45, 7) is 2.84. The molecule has 1 rings (SSSR count). The van der Waals surface area contributed by atoms with E-state index >= 15 is 0 Å². The highest BCUT2D eigenvalue weighted by Crippen LogP contribution is 2.01. The summed E-state index contributed by atoms with van der Waals surface area (Å²) in [6, 6.07) is 1.88. The molecular weight excluding hydrogens is 196 g/mol. The van der Waals surface area contributed by atoms with E-state index < -0.39 is 5.91 Å². The number of ether oxygens (including phenoxy) is 1. The summed E-state index contributed by atoms with van der Waals surface area (Å²) in [4.78, 5) is 10.3. The van der Waals surface area contributed by atoms with Crippen LogP contribution in [0.3, 0.4) is 0 Å². The molecule has 1 heterocycles. The molecular formula is C9H14N4O2. The molecule has 0 bridgehead atoms. The summed E-state index contributed by atoms with van der Waals surface area (Å²) in [6.07, 6.45) is 1.68. The molecule has 3 N–H and O–H groups in total. The van der Waals surface area contributed by atoms with Crippen molar-refractivity contribution in [2.24, 2.45) is 5.73 Å².